The Bertz CT molecular complexity index is 782. The van der Waals surface area contributed by atoms with E-state index in [0.29, 0.717) is 22.2 Å². The van der Waals surface area contributed by atoms with Crippen LogP contribution >= 0.6 is 23.2 Å². The first kappa shape index (κ1) is 20.2. The van der Waals surface area contributed by atoms with Crippen molar-refractivity contribution < 1.29 is 9.59 Å². The number of carbonyl (C=O) groups is 2. The molecule has 0 unspecified atom stereocenters. The summed E-state index contributed by atoms with van der Waals surface area (Å²) in [7, 11) is 1.67. The second kappa shape index (κ2) is 9.01. The highest BCUT2D eigenvalue weighted by atomic mass is 35.5. The summed E-state index contributed by atoms with van der Waals surface area (Å²) in [6, 6.07) is 7.85. The number of hydrogen-bond acceptors (Lipinski definition) is 3. The van der Waals surface area contributed by atoms with Crippen molar-refractivity contribution in [3.8, 4) is 0 Å². The van der Waals surface area contributed by atoms with Crippen LogP contribution in [0.1, 0.15) is 29.8 Å². The molecule has 1 aromatic heterocycles. The summed E-state index contributed by atoms with van der Waals surface area (Å²) in [6.45, 7) is 4.07. The number of aromatic nitrogens is 1. The molecule has 1 aromatic carbocycles. The maximum Gasteiger partial charge on any atom is 0.252 e. The van der Waals surface area contributed by atoms with Gasteiger partial charge in [-0.3, -0.25) is 14.6 Å². The van der Waals surface area contributed by atoms with Gasteiger partial charge in [0, 0.05) is 31.5 Å². The predicted octanol–water partition coefficient (Wildman–Crippen LogP) is 3.80. The number of pyridine rings is 1. The first-order valence-corrected chi connectivity index (χ1v) is 8.95. The van der Waals surface area contributed by atoms with Crippen molar-refractivity contribution in [1.82, 2.24) is 15.2 Å². The quantitative estimate of drug-likeness (QED) is 0.811. The molecule has 0 saturated heterocycles. The van der Waals surface area contributed by atoms with E-state index in [4.69, 9.17) is 23.2 Å². The zero-order valence-electron chi connectivity index (χ0n) is 14.9. The average Bonchev–Trinajstić information content (AvgIpc) is 2.63. The van der Waals surface area contributed by atoms with E-state index in [1.807, 2.05) is 19.9 Å². The molecule has 138 valence electrons. The van der Waals surface area contributed by atoms with Gasteiger partial charge in [0.2, 0.25) is 5.91 Å². The number of benzene rings is 1. The number of amides is 2. The van der Waals surface area contributed by atoms with E-state index in [0.717, 1.165) is 5.56 Å². The molecule has 1 N–H and O–H groups in total. The average molecular weight is 394 g/mol. The summed E-state index contributed by atoms with van der Waals surface area (Å²) < 4.78 is 0. The molecule has 1 atom stereocenters. The number of nitrogens with zero attached hydrogens (tertiary/aromatic N) is 2. The molecule has 0 bridgehead atoms. The van der Waals surface area contributed by atoms with Crippen molar-refractivity contribution in [1.29, 1.82) is 0 Å². The molecule has 0 radical (unpaired) electrons. The fourth-order valence-electron chi connectivity index (χ4n) is 2.48. The molecule has 1 heterocycles. The van der Waals surface area contributed by atoms with E-state index in [2.05, 4.69) is 10.3 Å². The maximum atomic E-state index is 12.9. The minimum absolute atomic E-state index is 0.0782. The monoisotopic (exact) mass is 393 g/mol. The SMILES string of the molecule is CC(C)[C@H](NC(=O)c1ccncc1)C(=O)N(C)Cc1cccc(Cl)c1Cl. The summed E-state index contributed by atoms with van der Waals surface area (Å²) >= 11 is 12.2. The predicted molar refractivity (Wildman–Crippen MR) is 103 cm³/mol. The summed E-state index contributed by atoms with van der Waals surface area (Å²) in [5.41, 5.74) is 1.21. The Morgan fingerprint density at radius 2 is 1.81 bits per heavy atom. The molecule has 7 heteroatoms. The number of likely N-dealkylation sites (N-methyl/N-ethyl adjacent to an activating group) is 1. The number of halogens is 2. The van der Waals surface area contributed by atoms with Crippen LogP contribution in [-0.4, -0.2) is 34.8 Å². The molecule has 2 aromatic rings. The largest absolute Gasteiger partial charge is 0.340 e. The number of hydrogen-bond donors (Lipinski definition) is 1. The van der Waals surface area contributed by atoms with Gasteiger partial charge in [0.05, 0.1) is 10.0 Å². The van der Waals surface area contributed by atoms with Gasteiger partial charge < -0.3 is 10.2 Å². The van der Waals surface area contributed by atoms with E-state index in [1.54, 1.807) is 31.3 Å². The third-order valence-electron chi connectivity index (χ3n) is 3.98. The van der Waals surface area contributed by atoms with Gasteiger partial charge in [-0.25, -0.2) is 0 Å². The van der Waals surface area contributed by atoms with Crippen molar-refractivity contribution in [3.05, 3.63) is 63.9 Å². The van der Waals surface area contributed by atoms with E-state index < -0.39 is 6.04 Å². The van der Waals surface area contributed by atoms with Crippen LogP contribution in [0.5, 0.6) is 0 Å². The second-order valence-corrected chi connectivity index (χ2v) is 7.12. The van der Waals surface area contributed by atoms with Gasteiger partial charge in [0.1, 0.15) is 6.04 Å². The standard InChI is InChI=1S/C19H21Cl2N3O2/c1-12(2)17(23-18(25)13-7-9-22-10-8-13)19(26)24(3)11-14-5-4-6-15(20)16(14)21/h4-10,12,17H,11H2,1-3H3,(H,23,25)/t17-/m0/s1. The van der Waals surface area contributed by atoms with Crippen molar-refractivity contribution in [2.24, 2.45) is 5.92 Å². The van der Waals surface area contributed by atoms with Gasteiger partial charge >= 0.3 is 0 Å². The van der Waals surface area contributed by atoms with Crippen LogP contribution in [0.25, 0.3) is 0 Å². The lowest BCUT2D eigenvalue weighted by Gasteiger charge is -2.27. The van der Waals surface area contributed by atoms with Gasteiger partial charge in [-0.15, -0.1) is 0 Å². The van der Waals surface area contributed by atoms with Crippen LogP contribution < -0.4 is 5.32 Å². The maximum absolute atomic E-state index is 12.9. The second-order valence-electron chi connectivity index (χ2n) is 6.34. The third kappa shape index (κ3) is 4.96. The molecule has 0 spiro atoms. The fraction of sp³-hybridized carbons (Fsp3) is 0.316. The Morgan fingerprint density at radius 3 is 2.42 bits per heavy atom. The van der Waals surface area contributed by atoms with Crippen molar-refractivity contribution >= 4 is 35.0 Å². The topological polar surface area (TPSA) is 62.3 Å². The Labute approximate surface area is 163 Å². The highest BCUT2D eigenvalue weighted by Crippen LogP contribution is 2.26. The van der Waals surface area contributed by atoms with Crippen LogP contribution in [0.2, 0.25) is 10.0 Å². The first-order valence-electron chi connectivity index (χ1n) is 8.20. The Balaban J connectivity index is 2.12. The van der Waals surface area contributed by atoms with Gasteiger partial charge in [-0.05, 0) is 29.7 Å². The van der Waals surface area contributed by atoms with Crippen LogP contribution in [0.3, 0.4) is 0 Å². The van der Waals surface area contributed by atoms with Gasteiger partial charge in [-0.2, -0.15) is 0 Å². The van der Waals surface area contributed by atoms with E-state index >= 15 is 0 Å². The minimum atomic E-state index is -0.654. The Hall–Kier alpha value is -2.11. The Kier molecular flexibility index (Phi) is 7.00. The van der Waals surface area contributed by atoms with Gasteiger partial charge in [0.15, 0.2) is 0 Å². The lowest BCUT2D eigenvalue weighted by Crippen LogP contribution is -2.50. The van der Waals surface area contributed by atoms with E-state index in [1.165, 1.54) is 17.3 Å². The molecular weight excluding hydrogens is 373 g/mol. The minimum Gasteiger partial charge on any atom is -0.340 e. The zero-order valence-corrected chi connectivity index (χ0v) is 16.4. The fourth-order valence-corrected chi connectivity index (χ4v) is 2.86. The number of carbonyl (C=O) groups excluding carboxylic acids is 2. The lowest BCUT2D eigenvalue weighted by molar-refractivity contribution is -0.133. The van der Waals surface area contributed by atoms with E-state index in [-0.39, 0.29) is 17.7 Å². The molecule has 0 saturated carbocycles. The molecule has 0 aliphatic carbocycles. The van der Waals surface area contributed by atoms with Crippen molar-refractivity contribution in [2.75, 3.05) is 7.05 Å². The molecule has 5 nitrogen and oxygen atoms in total. The first-order chi connectivity index (χ1) is 12.3. The highest BCUT2D eigenvalue weighted by Gasteiger charge is 2.27. The van der Waals surface area contributed by atoms with Crippen LogP contribution in [0, 0.1) is 5.92 Å². The number of nitrogens with one attached hydrogen (secondary N) is 1. The van der Waals surface area contributed by atoms with Gasteiger partial charge in [0.25, 0.3) is 5.91 Å². The Morgan fingerprint density at radius 1 is 1.15 bits per heavy atom. The van der Waals surface area contributed by atoms with Crippen LogP contribution in [0.4, 0.5) is 0 Å². The van der Waals surface area contributed by atoms with Crippen LogP contribution in [0.15, 0.2) is 42.7 Å². The smallest absolute Gasteiger partial charge is 0.252 e. The van der Waals surface area contributed by atoms with Gasteiger partial charge in [-0.1, -0.05) is 49.2 Å². The normalized spacial score (nSPS) is 11.9. The highest BCUT2D eigenvalue weighted by molar-refractivity contribution is 6.42. The summed E-state index contributed by atoms with van der Waals surface area (Å²) in [6.07, 6.45) is 3.07. The zero-order chi connectivity index (χ0) is 19.3. The molecule has 0 aliphatic rings. The molecule has 0 fully saturated rings. The van der Waals surface area contributed by atoms with E-state index in [9.17, 15) is 9.59 Å². The summed E-state index contributed by atoms with van der Waals surface area (Å²) in [5, 5.41) is 3.68. The molecular formula is C19H21Cl2N3O2. The number of rotatable bonds is 6. The third-order valence-corrected chi connectivity index (χ3v) is 4.84. The molecule has 2 amide bonds. The molecule has 2 rings (SSSR count). The van der Waals surface area contributed by atoms with Crippen molar-refractivity contribution in [2.45, 2.75) is 26.4 Å². The summed E-state index contributed by atoms with van der Waals surface area (Å²) in [5.74, 6) is -0.586. The molecule has 26 heavy (non-hydrogen) atoms. The van der Waals surface area contributed by atoms with Crippen molar-refractivity contribution in [3.63, 3.8) is 0 Å². The summed E-state index contributed by atoms with van der Waals surface area (Å²) in [4.78, 5) is 30.7. The molecule has 0 aliphatic heterocycles. The van der Waals surface area contributed by atoms with Crippen LogP contribution in [-0.2, 0) is 11.3 Å². The lowest BCUT2D eigenvalue weighted by atomic mass is 10.0.